The Balaban J connectivity index is 1.54. The summed E-state index contributed by atoms with van der Waals surface area (Å²) in [4.78, 5) is 31.2. The summed E-state index contributed by atoms with van der Waals surface area (Å²) in [6, 6.07) is 14.8. The van der Waals surface area contributed by atoms with Gasteiger partial charge in [-0.25, -0.2) is 0 Å². The summed E-state index contributed by atoms with van der Waals surface area (Å²) in [5.74, 6) is -0.628. The Labute approximate surface area is 170 Å². The van der Waals surface area contributed by atoms with Crippen LogP contribution in [0.1, 0.15) is 21.5 Å². The number of halogens is 1. The first-order valence-corrected chi connectivity index (χ1v) is 9.85. The molecule has 2 aromatic carbocycles. The number of hydrogen-bond acceptors (Lipinski definition) is 3. The molecule has 0 radical (unpaired) electrons. The minimum atomic E-state index is -0.405. The van der Waals surface area contributed by atoms with Crippen LogP contribution in [0.4, 0.5) is 0 Å². The van der Waals surface area contributed by atoms with E-state index in [0.717, 1.165) is 11.1 Å². The van der Waals surface area contributed by atoms with Gasteiger partial charge in [0.15, 0.2) is 4.80 Å². The number of carbonyl (C=O) groups excluding carboxylic acids is 2. The van der Waals surface area contributed by atoms with Crippen molar-refractivity contribution in [1.29, 1.82) is 0 Å². The van der Waals surface area contributed by atoms with E-state index < -0.39 is 5.91 Å². The molecular weight excluding hydrogens is 394 g/mol. The molecule has 0 N–H and O–H groups in total. The monoisotopic (exact) mass is 409 g/mol. The van der Waals surface area contributed by atoms with Gasteiger partial charge in [0.05, 0.1) is 6.54 Å². The van der Waals surface area contributed by atoms with Gasteiger partial charge in [-0.15, -0.1) is 11.3 Å². The zero-order valence-corrected chi connectivity index (χ0v) is 16.4. The number of nitrogens with zero attached hydrogens (tertiary/aromatic N) is 3. The van der Waals surface area contributed by atoms with Crippen molar-refractivity contribution in [3.63, 3.8) is 0 Å². The van der Waals surface area contributed by atoms with Crippen molar-refractivity contribution in [2.45, 2.75) is 6.54 Å². The van der Waals surface area contributed by atoms with E-state index in [1.807, 2.05) is 52.5 Å². The van der Waals surface area contributed by atoms with Crippen LogP contribution in [0.2, 0.25) is 5.02 Å². The number of carbonyl (C=O) groups is 2. The molecule has 2 amide bonds. The molecule has 3 aromatic rings. The predicted molar refractivity (Wildman–Crippen MR) is 110 cm³/mol. The van der Waals surface area contributed by atoms with Gasteiger partial charge in [-0.1, -0.05) is 54.6 Å². The Morgan fingerprint density at radius 1 is 1.11 bits per heavy atom. The Morgan fingerprint density at radius 2 is 1.82 bits per heavy atom. The van der Waals surface area contributed by atoms with E-state index in [4.69, 9.17) is 11.6 Å². The molecule has 0 fully saturated rings. The SMILES string of the molecule is C=C1c2ccccc2C(=O)N1CC(=O)N=c1sccn1Cc1ccccc1Cl. The van der Waals surface area contributed by atoms with Gasteiger partial charge in [0, 0.05) is 33.4 Å². The van der Waals surface area contributed by atoms with Crippen LogP contribution in [0.15, 0.2) is 71.7 Å². The zero-order chi connectivity index (χ0) is 19.7. The molecule has 28 heavy (non-hydrogen) atoms. The maximum absolute atomic E-state index is 12.5. The van der Waals surface area contributed by atoms with Gasteiger partial charge in [0.1, 0.15) is 6.54 Å². The molecule has 0 saturated heterocycles. The highest BCUT2D eigenvalue weighted by Gasteiger charge is 2.31. The number of aromatic nitrogens is 1. The van der Waals surface area contributed by atoms with E-state index in [1.54, 1.807) is 12.1 Å². The van der Waals surface area contributed by atoms with Crippen LogP contribution in [0.25, 0.3) is 5.70 Å². The fourth-order valence-corrected chi connectivity index (χ4v) is 4.04. The molecule has 0 spiro atoms. The van der Waals surface area contributed by atoms with Crippen LogP contribution in [0, 0.1) is 0 Å². The summed E-state index contributed by atoms with van der Waals surface area (Å²) in [6.45, 7) is 4.32. The molecule has 0 unspecified atom stereocenters. The van der Waals surface area contributed by atoms with Crippen molar-refractivity contribution < 1.29 is 9.59 Å². The summed E-state index contributed by atoms with van der Waals surface area (Å²) in [5, 5.41) is 2.52. The van der Waals surface area contributed by atoms with Crippen molar-refractivity contribution in [3.05, 3.63) is 93.2 Å². The van der Waals surface area contributed by atoms with Crippen molar-refractivity contribution in [3.8, 4) is 0 Å². The molecule has 0 aliphatic carbocycles. The minimum Gasteiger partial charge on any atom is -0.319 e. The second-order valence-corrected chi connectivity index (χ2v) is 7.57. The van der Waals surface area contributed by atoms with Crippen LogP contribution >= 0.6 is 22.9 Å². The molecular formula is C21H16ClN3O2S. The largest absolute Gasteiger partial charge is 0.319 e. The highest BCUT2D eigenvalue weighted by atomic mass is 35.5. The first kappa shape index (κ1) is 18.4. The zero-order valence-electron chi connectivity index (χ0n) is 14.8. The van der Waals surface area contributed by atoms with Crippen LogP contribution in [0.3, 0.4) is 0 Å². The van der Waals surface area contributed by atoms with Crippen molar-refractivity contribution in [2.24, 2.45) is 4.99 Å². The lowest BCUT2D eigenvalue weighted by Gasteiger charge is -2.14. The van der Waals surface area contributed by atoms with Crippen LogP contribution in [-0.2, 0) is 11.3 Å². The predicted octanol–water partition coefficient (Wildman–Crippen LogP) is 3.81. The van der Waals surface area contributed by atoms with E-state index in [-0.39, 0.29) is 12.5 Å². The number of benzene rings is 2. The summed E-state index contributed by atoms with van der Waals surface area (Å²) < 4.78 is 1.86. The van der Waals surface area contributed by atoms with Gasteiger partial charge in [-0.2, -0.15) is 4.99 Å². The number of thiazole rings is 1. The van der Waals surface area contributed by atoms with Crippen LogP contribution in [0.5, 0.6) is 0 Å². The Hall–Kier alpha value is -2.96. The lowest BCUT2D eigenvalue weighted by molar-refractivity contribution is -0.118. The van der Waals surface area contributed by atoms with Crippen LogP contribution in [-0.4, -0.2) is 27.8 Å². The second kappa shape index (κ2) is 7.58. The van der Waals surface area contributed by atoms with Gasteiger partial charge in [-0.05, 0) is 17.7 Å². The lowest BCUT2D eigenvalue weighted by Crippen LogP contribution is -2.30. The smallest absolute Gasteiger partial charge is 0.268 e. The van der Waals surface area contributed by atoms with Gasteiger partial charge < -0.3 is 4.57 Å². The fraction of sp³-hybridized carbons (Fsp3) is 0.0952. The van der Waals surface area contributed by atoms with Crippen molar-refractivity contribution in [1.82, 2.24) is 9.47 Å². The van der Waals surface area contributed by atoms with Crippen LogP contribution < -0.4 is 4.80 Å². The molecule has 1 aliphatic rings. The van der Waals surface area contributed by atoms with Gasteiger partial charge >= 0.3 is 0 Å². The average molecular weight is 410 g/mol. The normalized spacial score (nSPS) is 13.9. The third-order valence-corrected chi connectivity index (χ3v) is 5.67. The molecule has 5 nitrogen and oxygen atoms in total. The number of hydrogen-bond donors (Lipinski definition) is 0. The van der Waals surface area contributed by atoms with Gasteiger partial charge in [-0.3, -0.25) is 14.5 Å². The van der Waals surface area contributed by atoms with E-state index in [1.165, 1.54) is 16.2 Å². The molecule has 0 atom stereocenters. The lowest BCUT2D eigenvalue weighted by atomic mass is 10.1. The maximum Gasteiger partial charge on any atom is 0.268 e. The summed E-state index contributed by atoms with van der Waals surface area (Å²) >= 11 is 7.58. The van der Waals surface area contributed by atoms with E-state index in [9.17, 15) is 9.59 Å². The number of amides is 2. The molecule has 0 bridgehead atoms. The molecule has 140 valence electrons. The topological polar surface area (TPSA) is 54.7 Å². The van der Waals surface area contributed by atoms with E-state index >= 15 is 0 Å². The summed E-state index contributed by atoms with van der Waals surface area (Å²) in [7, 11) is 0. The molecule has 2 heterocycles. The van der Waals surface area contributed by atoms with Gasteiger partial charge in [0.25, 0.3) is 11.8 Å². The van der Waals surface area contributed by atoms with E-state index in [0.29, 0.717) is 27.6 Å². The van der Waals surface area contributed by atoms with E-state index in [2.05, 4.69) is 11.6 Å². The summed E-state index contributed by atoms with van der Waals surface area (Å²) in [5.41, 5.74) is 2.78. The molecule has 7 heteroatoms. The first-order chi connectivity index (χ1) is 13.5. The Morgan fingerprint density at radius 3 is 2.57 bits per heavy atom. The number of rotatable bonds is 4. The minimum absolute atomic E-state index is 0.143. The fourth-order valence-electron chi connectivity index (χ4n) is 3.10. The number of fused-ring (bicyclic) bond motifs is 1. The van der Waals surface area contributed by atoms with Crippen molar-refractivity contribution >= 4 is 40.4 Å². The molecule has 1 aliphatic heterocycles. The standard InChI is InChI=1S/C21H16ClN3O2S/c1-14-16-7-3-4-8-17(16)20(27)25(14)13-19(26)23-21-24(10-11-28-21)12-15-6-2-5-9-18(15)22/h2-11H,1,12-13H2. The maximum atomic E-state index is 12.5. The highest BCUT2D eigenvalue weighted by molar-refractivity contribution is 7.07. The molecule has 4 rings (SSSR count). The second-order valence-electron chi connectivity index (χ2n) is 6.29. The Kier molecular flexibility index (Phi) is 4.98. The third-order valence-electron chi connectivity index (χ3n) is 4.51. The molecule has 0 saturated carbocycles. The average Bonchev–Trinajstić information content (AvgIpc) is 3.22. The molecule has 1 aromatic heterocycles. The highest BCUT2D eigenvalue weighted by Crippen LogP contribution is 2.30. The first-order valence-electron chi connectivity index (χ1n) is 8.59. The van der Waals surface area contributed by atoms with Crippen molar-refractivity contribution in [2.75, 3.05) is 6.54 Å². The Bertz CT molecular complexity index is 1130. The summed E-state index contributed by atoms with van der Waals surface area (Å²) in [6.07, 6.45) is 1.86. The quantitative estimate of drug-likeness (QED) is 0.658. The van der Waals surface area contributed by atoms with Gasteiger partial charge in [0.2, 0.25) is 0 Å². The third kappa shape index (κ3) is 3.44.